The Bertz CT molecular complexity index is 182. The molecule has 10 heavy (non-hydrogen) atoms. The minimum Gasteiger partial charge on any atom is -0.371 e. The van der Waals surface area contributed by atoms with E-state index in [4.69, 9.17) is 0 Å². The zero-order chi connectivity index (χ0) is 6.81. The molecule has 2 rings (SSSR count). The van der Waals surface area contributed by atoms with Gasteiger partial charge in [-0.15, -0.1) is 0 Å². The molecule has 0 spiro atoms. The first-order chi connectivity index (χ1) is 4.97. The number of hydrogen-bond donors (Lipinski definition) is 1. The van der Waals surface area contributed by atoms with Gasteiger partial charge in [-0.25, -0.2) is 0 Å². The summed E-state index contributed by atoms with van der Waals surface area (Å²) in [7, 11) is 0. The normalized spacial score (nSPS) is 23.2. The van der Waals surface area contributed by atoms with E-state index < -0.39 is 0 Å². The molecule has 0 aromatic heterocycles. The third-order valence-electron chi connectivity index (χ3n) is 1.84. The maximum atomic E-state index is 3.31. The summed E-state index contributed by atoms with van der Waals surface area (Å²) in [6, 6.07) is 0. The predicted molar refractivity (Wildman–Crippen MR) is 39.8 cm³/mol. The summed E-state index contributed by atoms with van der Waals surface area (Å²) in [6.07, 6.45) is 9.68. The van der Waals surface area contributed by atoms with Crippen LogP contribution in [0, 0.1) is 6.08 Å². The van der Waals surface area contributed by atoms with Gasteiger partial charge in [0, 0.05) is 19.3 Å². The van der Waals surface area contributed by atoms with Crippen LogP contribution in [-0.2, 0) is 0 Å². The van der Waals surface area contributed by atoms with E-state index in [-0.39, 0.29) is 0 Å². The van der Waals surface area contributed by atoms with Crippen molar-refractivity contribution in [2.45, 2.75) is 12.8 Å². The Labute approximate surface area is 61.2 Å². The Kier molecular flexibility index (Phi) is 1.38. The monoisotopic (exact) mass is 135 g/mol. The second-order valence-corrected chi connectivity index (χ2v) is 2.58. The van der Waals surface area contributed by atoms with Crippen molar-refractivity contribution in [3.05, 3.63) is 24.2 Å². The van der Waals surface area contributed by atoms with Gasteiger partial charge in [-0.1, -0.05) is 0 Å². The molecule has 2 aliphatic heterocycles. The molecule has 1 N–H and O–H groups in total. The molecule has 2 heteroatoms. The zero-order valence-electron chi connectivity index (χ0n) is 5.93. The van der Waals surface area contributed by atoms with Gasteiger partial charge in [0.15, 0.2) is 0 Å². The van der Waals surface area contributed by atoms with Crippen LogP contribution in [0.1, 0.15) is 12.8 Å². The molecule has 2 aliphatic rings. The van der Waals surface area contributed by atoms with Crippen LogP contribution in [0.25, 0.3) is 0 Å². The average Bonchev–Trinajstić information content (AvgIpc) is 2.59. The van der Waals surface area contributed by atoms with Gasteiger partial charge in [0.2, 0.25) is 0 Å². The van der Waals surface area contributed by atoms with Crippen molar-refractivity contribution in [2.24, 2.45) is 0 Å². The van der Waals surface area contributed by atoms with Crippen molar-refractivity contribution in [3.63, 3.8) is 0 Å². The van der Waals surface area contributed by atoms with Crippen molar-refractivity contribution in [3.8, 4) is 0 Å². The fourth-order valence-electron chi connectivity index (χ4n) is 1.31. The Morgan fingerprint density at radius 1 is 1.60 bits per heavy atom. The molecule has 0 aromatic carbocycles. The summed E-state index contributed by atoms with van der Waals surface area (Å²) < 4.78 is 0. The molecule has 0 aliphatic carbocycles. The molecule has 0 saturated carbocycles. The summed E-state index contributed by atoms with van der Waals surface area (Å²) in [5.74, 6) is 1.27. The maximum Gasteiger partial charge on any atom is 0.101 e. The lowest BCUT2D eigenvalue weighted by Gasteiger charge is -2.16. The van der Waals surface area contributed by atoms with Gasteiger partial charge in [-0.05, 0) is 25.0 Å². The molecule has 2 nitrogen and oxygen atoms in total. The molecule has 0 amide bonds. The fourth-order valence-corrected chi connectivity index (χ4v) is 1.31. The topological polar surface area (TPSA) is 15.3 Å². The van der Waals surface area contributed by atoms with Crippen LogP contribution in [0.4, 0.5) is 0 Å². The standard InChI is InChI=1S/C8H11N2/c1-2-7-10(6-1)8-4-3-5-9-8/h4,7,9H,1,3,5-6H2. The average molecular weight is 135 g/mol. The summed E-state index contributed by atoms with van der Waals surface area (Å²) in [5, 5.41) is 3.31. The molecule has 0 fully saturated rings. The van der Waals surface area contributed by atoms with Crippen LogP contribution in [0.15, 0.2) is 18.1 Å². The zero-order valence-corrected chi connectivity index (χ0v) is 5.93. The molecule has 0 unspecified atom stereocenters. The number of hydrogen-bond acceptors (Lipinski definition) is 2. The van der Waals surface area contributed by atoms with Gasteiger partial charge in [0.25, 0.3) is 0 Å². The molecular weight excluding hydrogens is 124 g/mol. The van der Waals surface area contributed by atoms with Crippen molar-refractivity contribution in [1.82, 2.24) is 10.2 Å². The molecule has 1 radical (unpaired) electrons. The van der Waals surface area contributed by atoms with Gasteiger partial charge in [-0.2, -0.15) is 0 Å². The molecule has 2 heterocycles. The smallest absolute Gasteiger partial charge is 0.101 e. The predicted octanol–water partition coefficient (Wildman–Crippen LogP) is 0.844. The first-order valence-electron chi connectivity index (χ1n) is 3.74. The minimum atomic E-state index is 1.07. The lowest BCUT2D eigenvalue weighted by Crippen LogP contribution is -2.22. The van der Waals surface area contributed by atoms with E-state index in [1.54, 1.807) is 0 Å². The highest BCUT2D eigenvalue weighted by molar-refractivity contribution is 5.09. The van der Waals surface area contributed by atoms with E-state index in [0.717, 1.165) is 19.5 Å². The SMILES string of the molecule is [C]1=CN(C2=CCCN2)CC1. The number of nitrogens with one attached hydrogen (secondary N) is 1. The van der Waals surface area contributed by atoms with Gasteiger partial charge >= 0.3 is 0 Å². The van der Waals surface area contributed by atoms with Crippen molar-refractivity contribution in [1.29, 1.82) is 0 Å². The van der Waals surface area contributed by atoms with Crippen LogP contribution >= 0.6 is 0 Å². The third-order valence-corrected chi connectivity index (χ3v) is 1.84. The first kappa shape index (κ1) is 5.83. The van der Waals surface area contributed by atoms with Crippen LogP contribution in [0.2, 0.25) is 0 Å². The first-order valence-corrected chi connectivity index (χ1v) is 3.74. The van der Waals surface area contributed by atoms with E-state index in [0.29, 0.717) is 0 Å². The van der Waals surface area contributed by atoms with Crippen molar-refractivity contribution >= 4 is 0 Å². The van der Waals surface area contributed by atoms with Crippen molar-refractivity contribution < 1.29 is 0 Å². The van der Waals surface area contributed by atoms with Gasteiger partial charge in [0.1, 0.15) is 5.82 Å². The highest BCUT2D eigenvalue weighted by atomic mass is 15.2. The highest BCUT2D eigenvalue weighted by Gasteiger charge is 2.11. The van der Waals surface area contributed by atoms with E-state index in [9.17, 15) is 0 Å². The molecule has 0 aromatic rings. The number of nitrogens with zero attached hydrogens (tertiary/aromatic N) is 1. The second-order valence-electron chi connectivity index (χ2n) is 2.58. The van der Waals surface area contributed by atoms with Crippen LogP contribution < -0.4 is 5.32 Å². The van der Waals surface area contributed by atoms with Gasteiger partial charge < -0.3 is 10.2 Å². The Hall–Kier alpha value is -0.920. The molecule has 0 saturated heterocycles. The quantitative estimate of drug-likeness (QED) is 0.573. The van der Waals surface area contributed by atoms with Crippen LogP contribution in [0.3, 0.4) is 0 Å². The lowest BCUT2D eigenvalue weighted by molar-refractivity contribution is 0.471. The largest absolute Gasteiger partial charge is 0.371 e. The maximum absolute atomic E-state index is 3.31. The van der Waals surface area contributed by atoms with Gasteiger partial charge in [0.05, 0.1) is 0 Å². The van der Waals surface area contributed by atoms with Crippen molar-refractivity contribution in [2.75, 3.05) is 13.1 Å². The second kappa shape index (κ2) is 2.37. The Balaban J connectivity index is 2.04. The lowest BCUT2D eigenvalue weighted by atomic mass is 10.4. The summed E-state index contributed by atoms with van der Waals surface area (Å²) in [4.78, 5) is 2.22. The molecule has 53 valence electrons. The number of rotatable bonds is 1. The molecule has 0 bridgehead atoms. The summed E-state index contributed by atoms with van der Waals surface area (Å²) >= 11 is 0. The summed E-state index contributed by atoms with van der Waals surface area (Å²) in [6.45, 7) is 2.19. The van der Waals surface area contributed by atoms with E-state index in [1.165, 1.54) is 12.2 Å². The minimum absolute atomic E-state index is 1.07. The van der Waals surface area contributed by atoms with E-state index >= 15 is 0 Å². The third kappa shape index (κ3) is 0.897. The summed E-state index contributed by atoms with van der Waals surface area (Å²) in [5.41, 5.74) is 0. The van der Waals surface area contributed by atoms with Gasteiger partial charge in [-0.3, -0.25) is 0 Å². The molecular formula is C8H11N2. The van der Waals surface area contributed by atoms with Crippen LogP contribution in [0.5, 0.6) is 0 Å². The van der Waals surface area contributed by atoms with E-state index in [2.05, 4.69) is 22.4 Å². The van der Waals surface area contributed by atoms with Crippen LogP contribution in [-0.4, -0.2) is 18.0 Å². The Morgan fingerprint density at radius 2 is 2.60 bits per heavy atom. The van der Waals surface area contributed by atoms with E-state index in [1.807, 2.05) is 6.20 Å². The highest BCUT2D eigenvalue weighted by Crippen LogP contribution is 2.12. The fraction of sp³-hybridized carbons (Fsp3) is 0.500. The molecule has 0 atom stereocenters. The Morgan fingerprint density at radius 3 is 3.20 bits per heavy atom.